The lowest BCUT2D eigenvalue weighted by atomic mass is 10.2. The van der Waals surface area contributed by atoms with Crippen LogP contribution in [0.4, 0.5) is 0 Å². The number of nitriles is 1. The predicted octanol–water partition coefficient (Wildman–Crippen LogP) is 0.198. The molecule has 0 spiro atoms. The summed E-state index contributed by atoms with van der Waals surface area (Å²) in [6.45, 7) is 1.54. The monoisotopic (exact) mass is 311 g/mol. The van der Waals surface area contributed by atoms with Crippen LogP contribution in [0.15, 0.2) is 16.0 Å². The Morgan fingerprint density at radius 1 is 1.67 bits per heavy atom. The minimum Gasteiger partial charge on any atom is -0.394 e. The summed E-state index contributed by atoms with van der Waals surface area (Å²) >= 11 is 1.37. The van der Waals surface area contributed by atoms with Crippen LogP contribution in [0.5, 0.6) is 0 Å². The summed E-state index contributed by atoms with van der Waals surface area (Å²) in [5.41, 5.74) is 0.346. The maximum atomic E-state index is 12.1. The number of hydrogen-bond donors (Lipinski definition) is 2. The molecule has 0 aromatic carbocycles. The zero-order valence-electron chi connectivity index (χ0n) is 11.6. The van der Waals surface area contributed by atoms with E-state index in [1.54, 1.807) is 6.20 Å². The molecule has 2 N–H and O–H groups in total. The van der Waals surface area contributed by atoms with Gasteiger partial charge in [-0.2, -0.15) is 10.2 Å². The summed E-state index contributed by atoms with van der Waals surface area (Å²) in [5, 5.41) is 27.9. The van der Waals surface area contributed by atoms with Gasteiger partial charge in [-0.25, -0.2) is 4.79 Å². The van der Waals surface area contributed by atoms with Gasteiger partial charge in [0.2, 0.25) is 0 Å². The molecule has 0 radical (unpaired) electrons. The molecule has 3 atom stereocenters. The van der Waals surface area contributed by atoms with Crippen LogP contribution in [0, 0.1) is 18.3 Å². The topological polar surface area (TPSA) is 108 Å². The molecule has 1 saturated heterocycles. The zero-order chi connectivity index (χ0) is 15.4. The number of aliphatic hydroxyl groups excluding tert-OH is 2. The van der Waals surface area contributed by atoms with Gasteiger partial charge >= 0.3 is 5.69 Å². The van der Waals surface area contributed by atoms with E-state index < -0.39 is 24.1 Å². The van der Waals surface area contributed by atoms with Crippen LogP contribution in [0.3, 0.4) is 0 Å². The first-order valence-corrected chi connectivity index (χ1v) is 7.59. The average Bonchev–Trinajstić information content (AvgIpc) is 2.83. The normalized spacial score (nSPS) is 25.0. The van der Waals surface area contributed by atoms with E-state index in [1.807, 2.05) is 13.0 Å². The van der Waals surface area contributed by atoms with Crippen LogP contribution in [0.2, 0.25) is 0 Å². The number of ether oxygens (including phenoxy) is 1. The van der Waals surface area contributed by atoms with Crippen LogP contribution in [-0.2, 0) is 4.74 Å². The molecule has 8 heteroatoms. The quantitative estimate of drug-likeness (QED) is 0.454. The van der Waals surface area contributed by atoms with E-state index in [0.717, 1.165) is 5.56 Å². The lowest BCUT2D eigenvalue weighted by Gasteiger charge is -2.15. The molecular formula is C13H17N3O4S. The molecule has 2 rings (SSSR count). The number of nitrogens with zero attached hydrogens (tertiary/aromatic N) is 3. The fourth-order valence-corrected chi connectivity index (χ4v) is 2.96. The van der Waals surface area contributed by atoms with Crippen molar-refractivity contribution in [3.63, 3.8) is 0 Å². The zero-order valence-corrected chi connectivity index (χ0v) is 12.4. The Morgan fingerprint density at radius 3 is 3.05 bits per heavy atom. The van der Waals surface area contributed by atoms with E-state index in [0.29, 0.717) is 17.2 Å². The number of rotatable bonds is 5. The van der Waals surface area contributed by atoms with Crippen LogP contribution in [0.1, 0.15) is 24.6 Å². The Morgan fingerprint density at radius 2 is 2.43 bits per heavy atom. The first-order valence-electron chi connectivity index (χ1n) is 6.60. The molecule has 0 amide bonds. The fourth-order valence-electron chi connectivity index (χ4n) is 2.15. The van der Waals surface area contributed by atoms with Gasteiger partial charge in [-0.3, -0.25) is 4.57 Å². The summed E-state index contributed by atoms with van der Waals surface area (Å²) in [5.74, 6) is 0.582. The highest BCUT2D eigenvalue weighted by atomic mass is 32.2. The van der Waals surface area contributed by atoms with Gasteiger partial charge in [0.15, 0.2) is 0 Å². The van der Waals surface area contributed by atoms with Gasteiger partial charge in [-0.05, 0) is 12.5 Å². The van der Waals surface area contributed by atoms with Crippen molar-refractivity contribution in [1.82, 2.24) is 9.55 Å². The molecule has 1 aliphatic rings. The third-order valence-corrected chi connectivity index (χ3v) is 4.33. The minimum atomic E-state index is -0.795. The van der Waals surface area contributed by atoms with Crippen molar-refractivity contribution in [2.75, 3.05) is 12.4 Å². The molecule has 2 heterocycles. The highest BCUT2D eigenvalue weighted by Gasteiger charge is 2.35. The van der Waals surface area contributed by atoms with Crippen molar-refractivity contribution in [2.45, 2.75) is 43.2 Å². The molecule has 3 unspecified atom stereocenters. The van der Waals surface area contributed by atoms with E-state index in [4.69, 9.17) is 15.1 Å². The van der Waals surface area contributed by atoms with Crippen LogP contribution >= 0.6 is 11.8 Å². The molecule has 21 heavy (non-hydrogen) atoms. The lowest BCUT2D eigenvalue weighted by molar-refractivity contribution is -0.0460. The third kappa shape index (κ3) is 3.63. The van der Waals surface area contributed by atoms with Crippen molar-refractivity contribution < 1.29 is 14.9 Å². The number of hydrogen-bond acceptors (Lipinski definition) is 7. The average molecular weight is 311 g/mol. The first kappa shape index (κ1) is 16.0. The standard InChI is InChI=1S/C13H17N3O4S/c1-8-6-16(11-5-9(18)10(7-17)20-11)13(19)15-12(8)21-4-2-3-14/h6,9-11,17-18H,2,4-5,7H2,1H3. The molecule has 1 aliphatic heterocycles. The van der Waals surface area contributed by atoms with Crippen molar-refractivity contribution in [3.8, 4) is 6.07 Å². The fraction of sp³-hybridized carbons (Fsp3) is 0.615. The maximum absolute atomic E-state index is 12.1. The Bertz CT molecular complexity index is 598. The van der Waals surface area contributed by atoms with Gasteiger partial charge in [-0.1, -0.05) is 0 Å². The SMILES string of the molecule is Cc1cn(C2CC(O)C(CO)O2)c(=O)nc1SCCC#N. The molecule has 7 nitrogen and oxygen atoms in total. The van der Waals surface area contributed by atoms with Gasteiger partial charge in [0.1, 0.15) is 17.4 Å². The molecule has 1 aromatic heterocycles. The smallest absolute Gasteiger partial charge is 0.350 e. The highest BCUT2D eigenvalue weighted by Crippen LogP contribution is 2.28. The Hall–Kier alpha value is -1.40. The van der Waals surface area contributed by atoms with Crippen LogP contribution in [-0.4, -0.2) is 44.3 Å². The van der Waals surface area contributed by atoms with Crippen molar-refractivity contribution >= 4 is 11.8 Å². The number of aryl methyl sites for hydroxylation is 1. The predicted molar refractivity (Wildman–Crippen MR) is 75.8 cm³/mol. The van der Waals surface area contributed by atoms with E-state index in [-0.39, 0.29) is 13.0 Å². The van der Waals surface area contributed by atoms with Crippen molar-refractivity contribution in [3.05, 3.63) is 22.2 Å². The van der Waals surface area contributed by atoms with Gasteiger partial charge in [0.05, 0.1) is 18.8 Å². The minimum absolute atomic E-state index is 0.243. The summed E-state index contributed by atoms with van der Waals surface area (Å²) < 4.78 is 6.79. The van der Waals surface area contributed by atoms with E-state index >= 15 is 0 Å². The van der Waals surface area contributed by atoms with Crippen LogP contribution < -0.4 is 5.69 Å². The number of thioether (sulfide) groups is 1. The molecule has 1 aromatic rings. The lowest BCUT2D eigenvalue weighted by Crippen LogP contribution is -2.28. The molecule has 0 saturated carbocycles. The highest BCUT2D eigenvalue weighted by molar-refractivity contribution is 7.99. The second kappa shape index (κ2) is 7.04. The first-order chi connectivity index (χ1) is 10.1. The molecule has 0 aliphatic carbocycles. The molecule has 114 valence electrons. The van der Waals surface area contributed by atoms with Crippen molar-refractivity contribution in [1.29, 1.82) is 5.26 Å². The second-order valence-electron chi connectivity index (χ2n) is 4.79. The summed E-state index contributed by atoms with van der Waals surface area (Å²) in [7, 11) is 0. The Kier molecular flexibility index (Phi) is 5.36. The number of aliphatic hydroxyl groups is 2. The van der Waals surface area contributed by atoms with Crippen LogP contribution in [0.25, 0.3) is 0 Å². The molecule has 1 fully saturated rings. The van der Waals surface area contributed by atoms with Gasteiger partial charge in [-0.15, -0.1) is 11.8 Å². The molecule has 0 bridgehead atoms. The van der Waals surface area contributed by atoms with Crippen molar-refractivity contribution in [2.24, 2.45) is 0 Å². The third-order valence-electron chi connectivity index (χ3n) is 3.24. The van der Waals surface area contributed by atoms with E-state index in [9.17, 15) is 9.90 Å². The summed E-state index contributed by atoms with van der Waals surface area (Å²) in [6, 6.07) is 2.04. The van der Waals surface area contributed by atoms with Gasteiger partial charge < -0.3 is 14.9 Å². The summed E-state index contributed by atoms with van der Waals surface area (Å²) in [6.07, 6.45) is 0.192. The Balaban J connectivity index is 2.17. The Labute approximate surface area is 126 Å². The summed E-state index contributed by atoms with van der Waals surface area (Å²) in [4.78, 5) is 16.1. The second-order valence-corrected chi connectivity index (χ2v) is 5.87. The molecular weight excluding hydrogens is 294 g/mol. The largest absolute Gasteiger partial charge is 0.394 e. The number of aromatic nitrogens is 2. The van der Waals surface area contributed by atoms with Gasteiger partial charge in [0.25, 0.3) is 0 Å². The van der Waals surface area contributed by atoms with E-state index in [1.165, 1.54) is 16.3 Å². The van der Waals surface area contributed by atoms with Gasteiger partial charge in [0, 0.05) is 24.8 Å². The maximum Gasteiger partial charge on any atom is 0.350 e. The van der Waals surface area contributed by atoms with E-state index in [2.05, 4.69) is 4.98 Å².